The van der Waals surface area contributed by atoms with E-state index in [1.807, 2.05) is 6.07 Å². The van der Waals surface area contributed by atoms with E-state index < -0.39 is 0 Å². The smallest absolute Gasteiger partial charge is 0.216 e. The highest BCUT2D eigenvalue weighted by molar-refractivity contribution is 14.2. The van der Waals surface area contributed by atoms with Crippen molar-refractivity contribution < 1.29 is 9.53 Å². The number of nitrogens with zero attached hydrogens (tertiary/aromatic N) is 1. The summed E-state index contributed by atoms with van der Waals surface area (Å²) in [5.74, 6) is 1.10. The van der Waals surface area contributed by atoms with E-state index in [2.05, 4.69) is 55.7 Å². The molecule has 1 atom stereocenters. The first-order valence-corrected chi connectivity index (χ1v) is 9.61. The van der Waals surface area contributed by atoms with Gasteiger partial charge in [-0.3, -0.25) is 8.77 Å². The number of rotatable bonds is 5. The van der Waals surface area contributed by atoms with Crippen LogP contribution in [0.5, 0.6) is 5.75 Å². The number of ether oxygens (including phenoxy) is 1. The van der Waals surface area contributed by atoms with Gasteiger partial charge in [-0.1, -0.05) is 6.92 Å². The number of methoxy groups -OCH3 is 1. The molecule has 1 amide bonds. The normalized spacial score (nSPS) is 12.4. The van der Waals surface area contributed by atoms with Crippen molar-refractivity contribution in [3.05, 3.63) is 30.0 Å². The van der Waals surface area contributed by atoms with Crippen LogP contribution in [0.15, 0.2) is 24.4 Å². The molecule has 1 aromatic heterocycles. The highest BCUT2D eigenvalue weighted by atomic mass is 127. The summed E-state index contributed by atoms with van der Waals surface area (Å²) in [4.78, 5) is 11.1. The van der Waals surface area contributed by atoms with Crippen LogP contribution in [0.3, 0.4) is 0 Å². The highest BCUT2D eigenvalue weighted by Gasteiger charge is 2.15. The molecule has 2 rings (SSSR count). The molecule has 0 fully saturated rings. The van der Waals surface area contributed by atoms with Crippen molar-refractivity contribution in [1.29, 1.82) is 0 Å². The van der Waals surface area contributed by atoms with E-state index in [-0.39, 0.29) is 11.8 Å². The average Bonchev–Trinajstić information content (AvgIpc) is 2.82. The Morgan fingerprint density at radius 1 is 1.55 bits per heavy atom. The van der Waals surface area contributed by atoms with Crippen LogP contribution in [0.25, 0.3) is 10.9 Å². The Labute approximate surface area is 135 Å². The van der Waals surface area contributed by atoms with Crippen molar-refractivity contribution in [2.75, 3.05) is 13.7 Å². The molecule has 20 heavy (non-hydrogen) atoms. The number of nitrogens with one attached hydrogen (secondary N) is 1. The number of amides is 1. The molecule has 1 unspecified atom stereocenters. The molecule has 1 N–H and O–H groups in total. The van der Waals surface area contributed by atoms with Crippen molar-refractivity contribution in [3.63, 3.8) is 0 Å². The van der Waals surface area contributed by atoms with Gasteiger partial charge in [-0.2, -0.15) is 0 Å². The SMILES string of the molecule is COc1ccc2c(c1)c(C(C)CNC(C)=O)cn2SI. The quantitative estimate of drug-likeness (QED) is 0.773. The maximum Gasteiger partial charge on any atom is 0.216 e. The summed E-state index contributed by atoms with van der Waals surface area (Å²) < 4.78 is 7.44. The Balaban J connectivity index is 2.42. The van der Waals surface area contributed by atoms with Gasteiger partial charge in [0.05, 0.1) is 12.6 Å². The fourth-order valence-electron chi connectivity index (χ4n) is 2.19. The Morgan fingerprint density at radius 3 is 2.90 bits per heavy atom. The lowest BCUT2D eigenvalue weighted by Gasteiger charge is -2.11. The largest absolute Gasteiger partial charge is 0.497 e. The van der Waals surface area contributed by atoms with Crippen molar-refractivity contribution in [3.8, 4) is 5.75 Å². The van der Waals surface area contributed by atoms with Gasteiger partial charge in [-0.25, -0.2) is 0 Å². The van der Waals surface area contributed by atoms with Crippen molar-refractivity contribution >= 4 is 47.1 Å². The molecule has 0 saturated carbocycles. The third-order valence-electron chi connectivity index (χ3n) is 3.27. The summed E-state index contributed by atoms with van der Waals surface area (Å²) in [5.41, 5.74) is 2.38. The van der Waals surface area contributed by atoms with E-state index in [4.69, 9.17) is 4.74 Å². The van der Waals surface area contributed by atoms with Gasteiger partial charge in [0.25, 0.3) is 0 Å². The van der Waals surface area contributed by atoms with Crippen LogP contribution in [-0.2, 0) is 4.79 Å². The first-order valence-electron chi connectivity index (χ1n) is 6.29. The fraction of sp³-hybridized carbons (Fsp3) is 0.357. The lowest BCUT2D eigenvalue weighted by Crippen LogP contribution is -2.24. The van der Waals surface area contributed by atoms with Crippen molar-refractivity contribution in [2.45, 2.75) is 19.8 Å². The molecule has 0 aliphatic carbocycles. The summed E-state index contributed by atoms with van der Waals surface area (Å²) in [7, 11) is 3.31. The molecule has 1 aromatic carbocycles. The number of fused-ring (bicyclic) bond motifs is 1. The average molecular weight is 404 g/mol. The van der Waals surface area contributed by atoms with Gasteiger partial charge in [0, 0.05) is 61.3 Å². The lowest BCUT2D eigenvalue weighted by molar-refractivity contribution is -0.119. The van der Waals surface area contributed by atoms with Crippen LogP contribution in [0.4, 0.5) is 0 Å². The number of aromatic nitrogens is 1. The second-order valence-corrected chi connectivity index (χ2v) is 6.41. The number of carbonyl (C=O) groups excluding carboxylic acids is 1. The number of halogens is 1. The summed E-state index contributed by atoms with van der Waals surface area (Å²) in [6.45, 7) is 4.30. The van der Waals surface area contributed by atoms with Crippen molar-refractivity contribution in [1.82, 2.24) is 9.29 Å². The van der Waals surface area contributed by atoms with Crippen LogP contribution in [-0.4, -0.2) is 23.5 Å². The molecule has 108 valence electrons. The molecule has 0 aliphatic heterocycles. The van der Waals surface area contributed by atoms with Gasteiger partial charge >= 0.3 is 0 Å². The summed E-state index contributed by atoms with van der Waals surface area (Å²) in [5, 5.41) is 4.05. The van der Waals surface area contributed by atoms with Crippen LogP contribution in [0.1, 0.15) is 25.3 Å². The zero-order chi connectivity index (χ0) is 14.7. The Kier molecular flexibility index (Phi) is 5.20. The second-order valence-electron chi connectivity index (χ2n) is 4.70. The monoisotopic (exact) mass is 404 g/mol. The summed E-state index contributed by atoms with van der Waals surface area (Å²) in [6, 6.07) is 6.08. The Morgan fingerprint density at radius 2 is 2.30 bits per heavy atom. The lowest BCUT2D eigenvalue weighted by atomic mass is 10.0. The molecule has 6 heteroatoms. The van der Waals surface area contributed by atoms with E-state index in [1.54, 1.807) is 23.2 Å². The number of benzene rings is 1. The third kappa shape index (κ3) is 3.22. The minimum absolute atomic E-state index is 0.00133. The van der Waals surface area contributed by atoms with E-state index in [0.717, 1.165) is 11.3 Å². The van der Waals surface area contributed by atoms with Gasteiger partial charge in [-0.15, -0.1) is 0 Å². The number of hydrogen-bond donors (Lipinski definition) is 1. The maximum atomic E-state index is 11.1. The third-order valence-corrected chi connectivity index (χ3v) is 4.99. The minimum Gasteiger partial charge on any atom is -0.497 e. The topological polar surface area (TPSA) is 43.3 Å². The van der Waals surface area contributed by atoms with Gasteiger partial charge < -0.3 is 10.1 Å². The molecule has 1 heterocycles. The molecule has 4 nitrogen and oxygen atoms in total. The Bertz CT molecular complexity index is 627. The van der Waals surface area contributed by atoms with E-state index in [0.29, 0.717) is 6.54 Å². The predicted octanol–water partition coefficient (Wildman–Crippen LogP) is 3.74. The van der Waals surface area contributed by atoms with Gasteiger partial charge in [-0.05, 0) is 23.8 Å². The van der Waals surface area contributed by atoms with E-state index >= 15 is 0 Å². The first kappa shape index (κ1) is 15.5. The van der Waals surface area contributed by atoms with E-state index in [9.17, 15) is 4.79 Å². The highest BCUT2D eigenvalue weighted by Crippen LogP contribution is 2.34. The second kappa shape index (κ2) is 6.71. The van der Waals surface area contributed by atoms with E-state index in [1.165, 1.54) is 10.9 Å². The zero-order valence-electron chi connectivity index (χ0n) is 11.6. The predicted molar refractivity (Wildman–Crippen MR) is 92.6 cm³/mol. The van der Waals surface area contributed by atoms with Crippen LogP contribution >= 0.6 is 30.3 Å². The molecule has 0 aliphatic rings. The molecule has 0 spiro atoms. The zero-order valence-corrected chi connectivity index (χ0v) is 14.6. The fourth-order valence-corrected chi connectivity index (χ4v) is 3.55. The van der Waals surface area contributed by atoms with Crippen molar-refractivity contribution in [2.24, 2.45) is 0 Å². The first-order chi connectivity index (χ1) is 9.56. The molecular formula is C14H17IN2O2S. The van der Waals surface area contributed by atoms with Crippen LogP contribution in [0, 0.1) is 0 Å². The minimum atomic E-state index is 0.00133. The molecule has 2 aromatic rings. The van der Waals surface area contributed by atoms with Gasteiger partial charge in [0.1, 0.15) is 5.75 Å². The Hall–Kier alpha value is -0.890. The van der Waals surface area contributed by atoms with Gasteiger partial charge in [0.15, 0.2) is 0 Å². The molecule has 0 radical (unpaired) electrons. The van der Waals surface area contributed by atoms with Gasteiger partial charge in [0.2, 0.25) is 5.91 Å². The molecular weight excluding hydrogens is 387 g/mol. The summed E-state index contributed by atoms with van der Waals surface area (Å²) >= 11 is 2.27. The van der Waals surface area contributed by atoms with Crippen LogP contribution < -0.4 is 10.1 Å². The molecule has 0 bridgehead atoms. The molecule has 0 saturated heterocycles. The maximum absolute atomic E-state index is 11.1. The number of hydrogen-bond acceptors (Lipinski definition) is 3. The van der Waals surface area contributed by atoms with Crippen LogP contribution in [0.2, 0.25) is 0 Å². The summed E-state index contributed by atoms with van der Waals surface area (Å²) in [6.07, 6.45) is 2.13. The standard InChI is InChI=1S/C14H17IN2O2S/c1-9(7-16-10(2)18)13-8-17(20-15)14-5-4-11(19-3)6-12(13)14/h4-6,8-9H,7H2,1-3H3,(H,16,18). The number of carbonyl (C=O) groups is 1.